The molecule has 0 amide bonds. The summed E-state index contributed by atoms with van der Waals surface area (Å²) in [6.07, 6.45) is 1.74. The number of rotatable bonds is 8. The summed E-state index contributed by atoms with van der Waals surface area (Å²) in [7, 11) is 0. The minimum atomic E-state index is -0.634. The molecule has 0 spiro atoms. The van der Waals surface area contributed by atoms with Crippen molar-refractivity contribution in [3.8, 4) is 5.75 Å². The first-order valence-electron chi connectivity index (χ1n) is 9.64. The molecule has 6 nitrogen and oxygen atoms in total. The molecule has 0 aliphatic carbocycles. The number of hydrogen-bond donors (Lipinski definition) is 2. The van der Waals surface area contributed by atoms with Crippen LogP contribution in [0.1, 0.15) is 32.3 Å². The third-order valence-electron chi connectivity index (χ3n) is 4.36. The second kappa shape index (κ2) is 13.2. The third kappa shape index (κ3) is 8.66. The molecule has 0 radical (unpaired) electrons. The second-order valence-corrected chi connectivity index (χ2v) is 6.62. The fourth-order valence-corrected chi connectivity index (χ4v) is 3.04. The number of nitrogens with one attached hydrogen (secondary N) is 1. The number of hydrogen-bond acceptors (Lipinski definition) is 4. The molecular weight excluding hydrogens is 457 g/mol. The van der Waals surface area contributed by atoms with Crippen molar-refractivity contribution >= 4 is 29.9 Å². The van der Waals surface area contributed by atoms with Crippen LogP contribution in [0.2, 0.25) is 0 Å². The number of halogens is 1. The van der Waals surface area contributed by atoms with Crippen LogP contribution in [0.4, 0.5) is 0 Å². The van der Waals surface area contributed by atoms with Gasteiger partial charge in [-0.3, -0.25) is 4.99 Å². The fraction of sp³-hybridized carbons (Fsp3) is 0.650. The smallest absolute Gasteiger partial charge is 0.194 e. The molecule has 1 aromatic carbocycles. The highest BCUT2D eigenvalue weighted by Gasteiger charge is 2.21. The molecule has 1 aliphatic heterocycles. The zero-order valence-corrected chi connectivity index (χ0v) is 19.0. The van der Waals surface area contributed by atoms with Gasteiger partial charge in [0.05, 0.1) is 12.6 Å². The van der Waals surface area contributed by atoms with Gasteiger partial charge < -0.3 is 24.8 Å². The van der Waals surface area contributed by atoms with E-state index in [2.05, 4.69) is 22.1 Å². The monoisotopic (exact) mass is 491 g/mol. The normalized spacial score (nSPS) is 16.6. The lowest BCUT2D eigenvalue weighted by atomic mass is 10.1. The minimum absolute atomic E-state index is 0. The number of likely N-dealkylation sites (tertiary alicyclic amines) is 1. The van der Waals surface area contributed by atoms with Crippen LogP contribution in [0.3, 0.4) is 0 Å². The number of piperidine rings is 1. The lowest BCUT2D eigenvalue weighted by molar-refractivity contribution is 0.0263. The van der Waals surface area contributed by atoms with Gasteiger partial charge in [0, 0.05) is 26.2 Å². The quantitative estimate of drug-likeness (QED) is 0.333. The van der Waals surface area contributed by atoms with Gasteiger partial charge in [-0.05, 0) is 51.3 Å². The maximum atomic E-state index is 10.2. The van der Waals surface area contributed by atoms with Crippen molar-refractivity contribution in [3.05, 3.63) is 29.8 Å². The topological polar surface area (TPSA) is 66.3 Å². The summed E-state index contributed by atoms with van der Waals surface area (Å²) in [6.45, 7) is 10.1. The van der Waals surface area contributed by atoms with Crippen LogP contribution >= 0.6 is 24.0 Å². The van der Waals surface area contributed by atoms with Crippen LogP contribution in [0.25, 0.3) is 0 Å². The SMILES string of the molecule is CCNC(=NCC(O)COc1cccc(C)c1)N1CCC(OCC)CC1.I. The van der Waals surface area contributed by atoms with Crippen LogP contribution in [-0.4, -0.2) is 67.6 Å². The van der Waals surface area contributed by atoms with Crippen LogP contribution in [0.15, 0.2) is 29.3 Å². The highest BCUT2D eigenvalue weighted by Crippen LogP contribution is 2.14. The maximum Gasteiger partial charge on any atom is 0.194 e. The van der Waals surface area contributed by atoms with Crippen LogP contribution < -0.4 is 10.1 Å². The molecule has 7 heteroatoms. The Morgan fingerprint density at radius 3 is 2.70 bits per heavy atom. The molecule has 0 aromatic heterocycles. The van der Waals surface area contributed by atoms with Gasteiger partial charge in [0.15, 0.2) is 5.96 Å². The Morgan fingerprint density at radius 2 is 2.07 bits per heavy atom. The van der Waals surface area contributed by atoms with Crippen molar-refractivity contribution in [2.45, 2.75) is 45.8 Å². The molecule has 2 rings (SSSR count). The van der Waals surface area contributed by atoms with Gasteiger partial charge in [-0.25, -0.2) is 0 Å². The molecule has 1 atom stereocenters. The van der Waals surface area contributed by atoms with Crippen LogP contribution in [-0.2, 0) is 4.74 Å². The van der Waals surface area contributed by atoms with E-state index >= 15 is 0 Å². The summed E-state index contributed by atoms with van der Waals surface area (Å²) in [6, 6.07) is 7.83. The lowest BCUT2D eigenvalue weighted by Crippen LogP contribution is -2.47. The van der Waals surface area contributed by atoms with Gasteiger partial charge in [0.1, 0.15) is 18.5 Å². The fourth-order valence-electron chi connectivity index (χ4n) is 3.04. The van der Waals surface area contributed by atoms with Gasteiger partial charge in [-0.1, -0.05) is 12.1 Å². The highest BCUT2D eigenvalue weighted by atomic mass is 127. The predicted octanol–water partition coefficient (Wildman–Crippen LogP) is 2.82. The molecule has 1 saturated heterocycles. The van der Waals surface area contributed by atoms with E-state index < -0.39 is 6.10 Å². The zero-order valence-electron chi connectivity index (χ0n) is 16.7. The predicted molar refractivity (Wildman–Crippen MR) is 120 cm³/mol. The first kappa shape index (κ1) is 24.0. The number of guanidine groups is 1. The number of ether oxygens (including phenoxy) is 2. The van der Waals surface area contributed by atoms with E-state index in [4.69, 9.17) is 9.47 Å². The minimum Gasteiger partial charge on any atom is -0.491 e. The molecule has 27 heavy (non-hydrogen) atoms. The Kier molecular flexibility index (Phi) is 11.7. The summed E-state index contributed by atoms with van der Waals surface area (Å²) in [5.74, 6) is 1.63. The molecular formula is C20H34IN3O3. The van der Waals surface area contributed by atoms with Gasteiger partial charge in [-0.2, -0.15) is 0 Å². The number of aliphatic imine (C=N–C) groups is 1. The number of benzene rings is 1. The van der Waals surface area contributed by atoms with Gasteiger partial charge in [0.25, 0.3) is 0 Å². The van der Waals surface area contributed by atoms with Crippen molar-refractivity contribution in [1.82, 2.24) is 10.2 Å². The van der Waals surface area contributed by atoms with E-state index in [1.54, 1.807) is 0 Å². The van der Waals surface area contributed by atoms with Crippen molar-refractivity contribution < 1.29 is 14.6 Å². The molecule has 1 unspecified atom stereocenters. The highest BCUT2D eigenvalue weighted by molar-refractivity contribution is 14.0. The van der Waals surface area contributed by atoms with Crippen LogP contribution in [0.5, 0.6) is 5.75 Å². The second-order valence-electron chi connectivity index (χ2n) is 6.62. The largest absolute Gasteiger partial charge is 0.491 e. The first-order valence-corrected chi connectivity index (χ1v) is 9.64. The van der Waals surface area contributed by atoms with Crippen molar-refractivity contribution in [1.29, 1.82) is 0 Å². The van der Waals surface area contributed by atoms with E-state index in [-0.39, 0.29) is 30.6 Å². The molecule has 0 saturated carbocycles. The Balaban J connectivity index is 0.00000364. The zero-order chi connectivity index (χ0) is 18.8. The molecule has 1 heterocycles. The van der Waals surface area contributed by atoms with Crippen molar-refractivity contribution in [2.24, 2.45) is 4.99 Å². The number of aryl methyl sites for hydroxylation is 1. The van der Waals surface area contributed by atoms with E-state index in [9.17, 15) is 5.11 Å². The van der Waals surface area contributed by atoms with Crippen molar-refractivity contribution in [3.63, 3.8) is 0 Å². The molecule has 1 fully saturated rings. The summed E-state index contributed by atoms with van der Waals surface area (Å²) < 4.78 is 11.4. The van der Waals surface area contributed by atoms with E-state index in [0.29, 0.717) is 12.6 Å². The molecule has 2 N–H and O–H groups in total. The Bertz CT molecular complexity index is 563. The average molecular weight is 491 g/mol. The Hall–Kier alpha value is -1.06. The van der Waals surface area contributed by atoms with E-state index in [1.165, 1.54) is 0 Å². The van der Waals surface area contributed by atoms with Gasteiger partial charge in [-0.15, -0.1) is 24.0 Å². The molecule has 0 bridgehead atoms. The average Bonchev–Trinajstić information content (AvgIpc) is 2.64. The number of nitrogens with zero attached hydrogens (tertiary/aromatic N) is 2. The van der Waals surface area contributed by atoms with Gasteiger partial charge >= 0.3 is 0 Å². The summed E-state index contributed by atoms with van der Waals surface area (Å²) in [4.78, 5) is 6.84. The first-order chi connectivity index (χ1) is 12.6. The Labute approximate surface area is 180 Å². The van der Waals surface area contributed by atoms with Crippen molar-refractivity contribution in [2.75, 3.05) is 39.4 Å². The maximum absolute atomic E-state index is 10.2. The molecule has 1 aliphatic rings. The van der Waals surface area contributed by atoms with E-state index in [0.717, 1.165) is 56.4 Å². The number of aliphatic hydroxyl groups is 1. The summed E-state index contributed by atoms with van der Waals surface area (Å²) in [5.41, 5.74) is 1.14. The Morgan fingerprint density at radius 1 is 1.33 bits per heavy atom. The molecule has 1 aromatic rings. The molecule has 154 valence electrons. The number of aliphatic hydroxyl groups excluding tert-OH is 1. The third-order valence-corrected chi connectivity index (χ3v) is 4.36. The standard InChI is InChI=1S/C20H33N3O3.HI/c1-4-21-20(23-11-9-18(10-12-23)25-5-2)22-14-17(24)15-26-19-8-6-7-16(3)13-19;/h6-8,13,17-18,24H,4-5,9-12,14-15H2,1-3H3,(H,21,22);1H. The van der Waals surface area contributed by atoms with Gasteiger partial charge in [0.2, 0.25) is 0 Å². The van der Waals surface area contributed by atoms with E-state index in [1.807, 2.05) is 38.1 Å². The summed E-state index contributed by atoms with van der Waals surface area (Å²) in [5, 5.41) is 13.5. The summed E-state index contributed by atoms with van der Waals surface area (Å²) >= 11 is 0. The van der Waals surface area contributed by atoms with Crippen LogP contribution in [0, 0.1) is 6.92 Å². The lowest BCUT2D eigenvalue weighted by Gasteiger charge is -2.34.